The maximum Gasteiger partial charge on any atom is 0.267 e. The molecule has 2 fully saturated rings. The zero-order valence-corrected chi connectivity index (χ0v) is 13.3. The Balaban J connectivity index is 1.49. The van der Waals surface area contributed by atoms with Crippen molar-refractivity contribution >= 4 is 5.91 Å². The lowest BCUT2D eigenvalue weighted by Crippen LogP contribution is -2.55. The first kappa shape index (κ1) is 15.1. The molecular formula is C18H19N3O3. The van der Waals surface area contributed by atoms with Gasteiger partial charge in [-0.2, -0.15) is 5.10 Å². The fourth-order valence-electron chi connectivity index (χ4n) is 3.23. The number of amides is 1. The lowest BCUT2D eigenvalue weighted by atomic mass is 10.0. The zero-order valence-electron chi connectivity index (χ0n) is 13.3. The largest absolute Gasteiger partial charge is 0.381 e. The van der Waals surface area contributed by atoms with Crippen LogP contribution in [0.25, 0.3) is 11.3 Å². The monoisotopic (exact) mass is 325 g/mol. The predicted octanol–water partition coefficient (Wildman–Crippen LogP) is 1.33. The van der Waals surface area contributed by atoms with E-state index in [1.54, 1.807) is 17.0 Å². The topological polar surface area (TPSA) is 64.4 Å². The first-order valence-electron chi connectivity index (χ1n) is 8.24. The summed E-state index contributed by atoms with van der Waals surface area (Å²) < 4.78 is 6.79. The lowest BCUT2D eigenvalue weighted by Gasteiger charge is -2.40. The van der Waals surface area contributed by atoms with E-state index in [9.17, 15) is 9.59 Å². The van der Waals surface area contributed by atoms with Gasteiger partial charge in [0.05, 0.1) is 24.3 Å². The minimum Gasteiger partial charge on any atom is -0.381 e. The van der Waals surface area contributed by atoms with Crippen LogP contribution in [0.2, 0.25) is 0 Å². The van der Waals surface area contributed by atoms with Crippen LogP contribution in [0.3, 0.4) is 0 Å². The van der Waals surface area contributed by atoms with E-state index in [0.717, 1.165) is 17.7 Å². The molecule has 1 atom stereocenters. The third kappa shape index (κ3) is 2.73. The van der Waals surface area contributed by atoms with Gasteiger partial charge in [-0.1, -0.05) is 30.3 Å². The molecule has 1 aromatic heterocycles. The molecule has 3 heterocycles. The molecule has 124 valence electrons. The highest BCUT2D eigenvalue weighted by atomic mass is 16.5. The second-order valence-electron chi connectivity index (χ2n) is 6.32. The van der Waals surface area contributed by atoms with Crippen LogP contribution in [0.15, 0.2) is 47.3 Å². The molecule has 0 N–H and O–H groups in total. The first-order valence-corrected chi connectivity index (χ1v) is 8.24. The third-order valence-electron chi connectivity index (χ3n) is 4.69. The Morgan fingerprint density at radius 1 is 1.12 bits per heavy atom. The summed E-state index contributed by atoms with van der Waals surface area (Å²) in [5, 5.41) is 4.50. The molecule has 0 radical (unpaired) electrons. The van der Waals surface area contributed by atoms with Gasteiger partial charge in [-0.3, -0.25) is 9.59 Å². The number of ether oxygens (including phenoxy) is 1. The van der Waals surface area contributed by atoms with Crippen molar-refractivity contribution in [3.8, 4) is 11.3 Å². The fourth-order valence-corrected chi connectivity index (χ4v) is 3.23. The average Bonchev–Trinajstić information content (AvgIpc) is 3.10. The Hall–Kier alpha value is -2.47. The number of rotatable bonds is 3. The molecular weight excluding hydrogens is 306 g/mol. The van der Waals surface area contributed by atoms with Crippen LogP contribution in [0.5, 0.6) is 0 Å². The molecule has 2 aliphatic rings. The number of likely N-dealkylation sites (tertiary alicyclic amines) is 1. The van der Waals surface area contributed by atoms with Gasteiger partial charge < -0.3 is 9.64 Å². The Bertz CT molecular complexity index is 791. The van der Waals surface area contributed by atoms with Gasteiger partial charge >= 0.3 is 0 Å². The molecule has 2 aliphatic heterocycles. The minimum atomic E-state index is -0.129. The first-order chi connectivity index (χ1) is 11.7. The summed E-state index contributed by atoms with van der Waals surface area (Å²) in [6.07, 6.45) is 0.793. The van der Waals surface area contributed by atoms with Gasteiger partial charge in [0.1, 0.15) is 0 Å². The molecule has 6 nitrogen and oxygen atoms in total. The molecule has 0 saturated carbocycles. The summed E-state index contributed by atoms with van der Waals surface area (Å²) in [6, 6.07) is 13.0. The normalized spacial score (nSPS) is 20.8. The minimum absolute atomic E-state index is 0.0220. The molecule has 6 heteroatoms. The van der Waals surface area contributed by atoms with E-state index in [-0.39, 0.29) is 23.4 Å². The van der Waals surface area contributed by atoms with E-state index in [0.29, 0.717) is 26.3 Å². The van der Waals surface area contributed by atoms with Crippen LogP contribution in [0.4, 0.5) is 0 Å². The summed E-state index contributed by atoms with van der Waals surface area (Å²) in [5.41, 5.74) is 1.61. The molecule has 0 bridgehead atoms. The highest BCUT2D eigenvalue weighted by Crippen LogP contribution is 2.25. The van der Waals surface area contributed by atoms with E-state index in [1.165, 1.54) is 4.68 Å². The second-order valence-corrected chi connectivity index (χ2v) is 6.32. The fraction of sp³-hybridized carbons (Fsp3) is 0.389. The molecule has 24 heavy (non-hydrogen) atoms. The van der Waals surface area contributed by atoms with Crippen molar-refractivity contribution in [2.24, 2.45) is 5.92 Å². The van der Waals surface area contributed by atoms with E-state index in [4.69, 9.17) is 4.74 Å². The zero-order chi connectivity index (χ0) is 16.5. The Morgan fingerprint density at radius 2 is 1.92 bits per heavy atom. The smallest absolute Gasteiger partial charge is 0.267 e. The quantitative estimate of drug-likeness (QED) is 0.854. The number of hydrogen-bond donors (Lipinski definition) is 0. The Kier molecular flexibility index (Phi) is 3.90. The van der Waals surface area contributed by atoms with Gasteiger partial charge in [-0.05, 0) is 12.5 Å². The van der Waals surface area contributed by atoms with Gasteiger partial charge in [0, 0.05) is 31.3 Å². The highest BCUT2D eigenvalue weighted by Gasteiger charge is 2.37. The van der Waals surface area contributed by atoms with Crippen LogP contribution < -0.4 is 5.56 Å². The Labute approximate surface area is 139 Å². The third-order valence-corrected chi connectivity index (χ3v) is 4.69. The number of carbonyl (C=O) groups is 1. The lowest BCUT2D eigenvalue weighted by molar-refractivity contribution is -0.141. The maximum absolute atomic E-state index is 12.3. The van der Waals surface area contributed by atoms with Crippen molar-refractivity contribution < 1.29 is 9.53 Å². The van der Waals surface area contributed by atoms with Crippen LogP contribution in [-0.4, -0.2) is 46.9 Å². The summed E-state index contributed by atoms with van der Waals surface area (Å²) in [5.74, 6) is 0.113. The summed E-state index contributed by atoms with van der Waals surface area (Å²) in [7, 11) is 0. The molecule has 1 unspecified atom stereocenters. The number of hydrogen-bond acceptors (Lipinski definition) is 4. The number of nitrogens with zero attached hydrogens (tertiary/aromatic N) is 3. The summed E-state index contributed by atoms with van der Waals surface area (Å²) >= 11 is 0. The molecule has 1 amide bonds. The Morgan fingerprint density at radius 3 is 2.62 bits per heavy atom. The molecule has 0 aliphatic carbocycles. The summed E-state index contributed by atoms with van der Waals surface area (Å²) in [6.45, 7) is 2.26. The van der Waals surface area contributed by atoms with E-state index < -0.39 is 0 Å². The number of aromatic nitrogens is 2. The van der Waals surface area contributed by atoms with Crippen molar-refractivity contribution in [3.63, 3.8) is 0 Å². The van der Waals surface area contributed by atoms with Crippen molar-refractivity contribution in [3.05, 3.63) is 52.8 Å². The van der Waals surface area contributed by atoms with Gasteiger partial charge in [0.15, 0.2) is 0 Å². The van der Waals surface area contributed by atoms with Crippen LogP contribution >= 0.6 is 0 Å². The van der Waals surface area contributed by atoms with E-state index >= 15 is 0 Å². The van der Waals surface area contributed by atoms with Crippen LogP contribution in [0, 0.1) is 5.92 Å². The van der Waals surface area contributed by atoms with E-state index in [2.05, 4.69) is 5.10 Å². The van der Waals surface area contributed by atoms with Crippen molar-refractivity contribution in [1.29, 1.82) is 0 Å². The van der Waals surface area contributed by atoms with Crippen LogP contribution in [0.1, 0.15) is 12.5 Å². The molecule has 1 aromatic carbocycles. The molecule has 2 aromatic rings. The SMILES string of the molecule is O=C(C1CCOC1)N1CC(n2nc(-c3ccccc3)ccc2=O)C1. The molecule has 4 rings (SSSR count). The van der Waals surface area contributed by atoms with Crippen molar-refractivity contribution in [2.75, 3.05) is 26.3 Å². The predicted molar refractivity (Wildman–Crippen MR) is 88.5 cm³/mol. The number of benzene rings is 1. The van der Waals surface area contributed by atoms with Gasteiger partial charge in [0.25, 0.3) is 5.56 Å². The molecule has 2 saturated heterocycles. The maximum atomic E-state index is 12.3. The van der Waals surface area contributed by atoms with Gasteiger partial charge in [-0.15, -0.1) is 0 Å². The van der Waals surface area contributed by atoms with Gasteiger partial charge in [-0.25, -0.2) is 4.68 Å². The highest BCUT2D eigenvalue weighted by molar-refractivity contribution is 5.80. The summed E-state index contributed by atoms with van der Waals surface area (Å²) in [4.78, 5) is 26.3. The van der Waals surface area contributed by atoms with E-state index in [1.807, 2.05) is 30.3 Å². The van der Waals surface area contributed by atoms with Gasteiger partial charge in [0.2, 0.25) is 5.91 Å². The average molecular weight is 325 g/mol. The second kappa shape index (κ2) is 6.20. The van der Waals surface area contributed by atoms with Crippen molar-refractivity contribution in [1.82, 2.24) is 14.7 Å². The molecule has 0 spiro atoms. The van der Waals surface area contributed by atoms with Crippen molar-refractivity contribution in [2.45, 2.75) is 12.5 Å². The number of carbonyl (C=O) groups excluding carboxylic acids is 1. The standard InChI is InChI=1S/C18H19N3O3/c22-17-7-6-16(13-4-2-1-3-5-13)19-21(17)15-10-20(11-15)18(23)14-8-9-24-12-14/h1-7,14-15H,8-12H2. The van der Waals surface area contributed by atoms with Crippen LogP contribution in [-0.2, 0) is 9.53 Å².